The SMILES string of the molecule is CC(C)c1c2cc(-c3nc(Nc4ccc5c(n4)CCN(CCCN4CCCC4)C5)ncc3F)cc(F)c2nn1C. The Bertz CT molecular complexity index is 1530. The molecule has 0 unspecified atom stereocenters. The molecule has 0 saturated carbocycles. The molecular weight excluding hydrogens is 510 g/mol. The average Bonchev–Trinajstić information content (AvgIpc) is 3.57. The van der Waals surface area contributed by atoms with Crippen LogP contribution in [0.25, 0.3) is 22.2 Å². The summed E-state index contributed by atoms with van der Waals surface area (Å²) in [4.78, 5) is 18.4. The number of hydrogen-bond donors (Lipinski definition) is 1. The van der Waals surface area contributed by atoms with Crippen molar-refractivity contribution in [1.29, 1.82) is 0 Å². The van der Waals surface area contributed by atoms with Gasteiger partial charge < -0.3 is 10.2 Å². The lowest BCUT2D eigenvalue weighted by Crippen LogP contribution is -2.33. The fourth-order valence-corrected chi connectivity index (χ4v) is 6.10. The van der Waals surface area contributed by atoms with Crippen LogP contribution < -0.4 is 5.32 Å². The van der Waals surface area contributed by atoms with Crippen molar-refractivity contribution in [3.63, 3.8) is 0 Å². The summed E-state index contributed by atoms with van der Waals surface area (Å²) < 4.78 is 31.6. The average molecular weight is 547 g/mol. The van der Waals surface area contributed by atoms with E-state index in [1.807, 2.05) is 19.9 Å². The number of nitrogens with one attached hydrogen (secondary N) is 1. The summed E-state index contributed by atoms with van der Waals surface area (Å²) in [6.45, 7) is 10.7. The Morgan fingerprint density at radius 2 is 1.77 bits per heavy atom. The van der Waals surface area contributed by atoms with Crippen LogP contribution in [0.15, 0.2) is 30.5 Å². The molecule has 3 aromatic heterocycles. The Hall–Kier alpha value is -3.50. The van der Waals surface area contributed by atoms with E-state index in [1.165, 1.54) is 50.5 Å². The van der Waals surface area contributed by atoms with Crippen molar-refractivity contribution >= 4 is 22.7 Å². The van der Waals surface area contributed by atoms with Crippen LogP contribution in [0.2, 0.25) is 0 Å². The zero-order chi connectivity index (χ0) is 27.8. The Morgan fingerprint density at radius 3 is 2.58 bits per heavy atom. The van der Waals surface area contributed by atoms with Gasteiger partial charge in [0, 0.05) is 48.9 Å². The maximum absolute atomic E-state index is 15.0. The quantitative estimate of drug-likeness (QED) is 0.317. The van der Waals surface area contributed by atoms with Crippen LogP contribution in [0, 0.1) is 11.6 Å². The number of aryl methyl sites for hydroxylation is 1. The minimum Gasteiger partial charge on any atom is -0.309 e. The highest BCUT2D eigenvalue weighted by molar-refractivity contribution is 5.87. The second-order valence-electron chi connectivity index (χ2n) is 11.3. The molecule has 5 heterocycles. The van der Waals surface area contributed by atoms with E-state index in [9.17, 15) is 4.39 Å². The molecule has 0 spiro atoms. The first kappa shape index (κ1) is 26.7. The molecule has 8 nitrogen and oxygen atoms in total. The van der Waals surface area contributed by atoms with Gasteiger partial charge in [-0.05, 0) is 75.1 Å². The Labute approximate surface area is 233 Å². The van der Waals surface area contributed by atoms with Gasteiger partial charge in [0.2, 0.25) is 5.95 Å². The van der Waals surface area contributed by atoms with Crippen molar-refractivity contribution in [3.05, 3.63) is 59.0 Å². The van der Waals surface area contributed by atoms with Crippen molar-refractivity contribution in [2.75, 3.05) is 38.0 Å². The summed E-state index contributed by atoms with van der Waals surface area (Å²) >= 11 is 0. The lowest BCUT2D eigenvalue weighted by atomic mass is 10.0. The number of pyridine rings is 1. The molecule has 2 aliphatic rings. The number of anilines is 2. The van der Waals surface area contributed by atoms with E-state index >= 15 is 4.39 Å². The predicted molar refractivity (Wildman–Crippen MR) is 153 cm³/mol. The number of hydrogen-bond acceptors (Lipinski definition) is 7. The molecule has 1 N–H and O–H groups in total. The normalized spacial score (nSPS) is 16.2. The first-order valence-electron chi connectivity index (χ1n) is 14.3. The zero-order valence-electron chi connectivity index (χ0n) is 23.4. The molecule has 0 aliphatic carbocycles. The van der Waals surface area contributed by atoms with Gasteiger partial charge in [-0.1, -0.05) is 19.9 Å². The number of aromatic nitrogens is 5. The first-order chi connectivity index (χ1) is 19.4. The molecular formula is C30H36F2N8. The van der Waals surface area contributed by atoms with Gasteiger partial charge in [-0.3, -0.25) is 9.58 Å². The Morgan fingerprint density at radius 1 is 0.975 bits per heavy atom. The van der Waals surface area contributed by atoms with Crippen LogP contribution in [0.5, 0.6) is 0 Å². The van der Waals surface area contributed by atoms with Gasteiger partial charge in [0.05, 0.1) is 6.20 Å². The standard InChI is InChI=1S/C30H36F2N8/c1-19(2)29-22-15-21(16-23(31)28(22)37-38(29)3)27-24(32)17-33-30(36-27)35-26-8-7-20-18-40(14-9-25(20)34-26)13-6-12-39-10-4-5-11-39/h7-8,15-17,19H,4-6,9-14,18H2,1-3H3,(H,33,34,35,36). The molecule has 10 heteroatoms. The molecule has 40 heavy (non-hydrogen) atoms. The van der Waals surface area contributed by atoms with E-state index in [1.54, 1.807) is 17.8 Å². The topological polar surface area (TPSA) is 75.0 Å². The highest BCUT2D eigenvalue weighted by Crippen LogP contribution is 2.32. The second kappa shape index (κ2) is 11.2. The smallest absolute Gasteiger partial charge is 0.229 e. The van der Waals surface area contributed by atoms with Crippen molar-refractivity contribution in [2.45, 2.75) is 52.0 Å². The predicted octanol–water partition coefficient (Wildman–Crippen LogP) is 5.41. The highest BCUT2D eigenvalue weighted by atomic mass is 19.1. The second-order valence-corrected chi connectivity index (χ2v) is 11.3. The molecule has 2 aliphatic heterocycles. The molecule has 0 amide bonds. The number of halogens is 2. The maximum atomic E-state index is 15.0. The van der Waals surface area contributed by atoms with Crippen molar-refractivity contribution < 1.29 is 8.78 Å². The van der Waals surface area contributed by atoms with Crippen LogP contribution in [-0.2, 0) is 20.0 Å². The van der Waals surface area contributed by atoms with Gasteiger partial charge in [-0.15, -0.1) is 0 Å². The van der Waals surface area contributed by atoms with Crippen molar-refractivity contribution in [1.82, 2.24) is 34.5 Å². The van der Waals surface area contributed by atoms with Gasteiger partial charge in [0.15, 0.2) is 11.6 Å². The van der Waals surface area contributed by atoms with Crippen LogP contribution >= 0.6 is 0 Å². The summed E-state index contributed by atoms with van der Waals surface area (Å²) in [5.41, 5.74) is 3.82. The molecule has 0 bridgehead atoms. The molecule has 4 aromatic rings. The van der Waals surface area contributed by atoms with Crippen LogP contribution in [0.4, 0.5) is 20.5 Å². The lowest BCUT2D eigenvalue weighted by Gasteiger charge is -2.29. The number of rotatable bonds is 8. The molecule has 210 valence electrons. The number of nitrogens with zero attached hydrogens (tertiary/aromatic N) is 7. The number of fused-ring (bicyclic) bond motifs is 2. The fraction of sp³-hybridized carbons (Fsp3) is 0.467. The van der Waals surface area contributed by atoms with Crippen molar-refractivity contribution in [3.8, 4) is 11.3 Å². The molecule has 1 fully saturated rings. The Kier molecular flexibility index (Phi) is 7.46. The van der Waals surface area contributed by atoms with E-state index in [4.69, 9.17) is 4.98 Å². The highest BCUT2D eigenvalue weighted by Gasteiger charge is 2.21. The Balaban J connectivity index is 1.18. The number of likely N-dealkylation sites (tertiary alicyclic amines) is 1. The minimum absolute atomic E-state index is 0.0272. The van der Waals surface area contributed by atoms with Gasteiger partial charge in [0.25, 0.3) is 0 Å². The summed E-state index contributed by atoms with van der Waals surface area (Å²) in [6.07, 6.45) is 5.86. The van der Waals surface area contributed by atoms with E-state index in [2.05, 4.69) is 36.2 Å². The molecule has 1 aromatic carbocycles. The first-order valence-corrected chi connectivity index (χ1v) is 14.3. The third-order valence-electron chi connectivity index (χ3n) is 8.02. The number of benzene rings is 1. The summed E-state index contributed by atoms with van der Waals surface area (Å²) in [6, 6.07) is 7.04. The van der Waals surface area contributed by atoms with Crippen LogP contribution in [0.3, 0.4) is 0 Å². The fourth-order valence-electron chi connectivity index (χ4n) is 6.10. The monoisotopic (exact) mass is 546 g/mol. The molecule has 0 atom stereocenters. The van der Waals surface area contributed by atoms with Gasteiger partial charge in [0.1, 0.15) is 17.0 Å². The largest absolute Gasteiger partial charge is 0.309 e. The summed E-state index contributed by atoms with van der Waals surface area (Å²) in [5.74, 6) is -0.200. The lowest BCUT2D eigenvalue weighted by molar-refractivity contribution is 0.229. The van der Waals surface area contributed by atoms with Gasteiger partial charge in [-0.25, -0.2) is 23.7 Å². The molecule has 1 saturated heterocycles. The maximum Gasteiger partial charge on any atom is 0.229 e. The van der Waals surface area contributed by atoms with E-state index in [0.717, 1.165) is 43.6 Å². The van der Waals surface area contributed by atoms with E-state index < -0.39 is 11.6 Å². The summed E-state index contributed by atoms with van der Waals surface area (Å²) in [7, 11) is 1.79. The van der Waals surface area contributed by atoms with Gasteiger partial charge >= 0.3 is 0 Å². The third kappa shape index (κ3) is 5.42. The van der Waals surface area contributed by atoms with E-state index in [0.29, 0.717) is 16.8 Å². The van der Waals surface area contributed by atoms with Crippen molar-refractivity contribution in [2.24, 2.45) is 7.05 Å². The third-order valence-corrected chi connectivity index (χ3v) is 8.02. The van der Waals surface area contributed by atoms with Crippen LogP contribution in [-0.4, -0.2) is 67.3 Å². The van der Waals surface area contributed by atoms with Gasteiger partial charge in [-0.2, -0.15) is 5.10 Å². The van der Waals surface area contributed by atoms with E-state index in [-0.39, 0.29) is 23.1 Å². The minimum atomic E-state index is -0.623. The van der Waals surface area contributed by atoms with Crippen LogP contribution in [0.1, 0.15) is 56.0 Å². The zero-order valence-corrected chi connectivity index (χ0v) is 23.4. The molecule has 0 radical (unpaired) electrons. The summed E-state index contributed by atoms with van der Waals surface area (Å²) in [5, 5.41) is 8.10. The molecule has 6 rings (SSSR count).